The zero-order chi connectivity index (χ0) is 18.4. The number of halogens is 3. The Balaban J connectivity index is 3.21. The van der Waals surface area contributed by atoms with Gasteiger partial charge in [0.05, 0.1) is 11.7 Å². The van der Waals surface area contributed by atoms with Gasteiger partial charge in [-0.15, -0.1) is 0 Å². The second kappa shape index (κ2) is 9.11. The fourth-order valence-electron chi connectivity index (χ4n) is 2.44. The van der Waals surface area contributed by atoms with Crippen LogP contribution in [0.25, 0.3) is 0 Å². The Labute approximate surface area is 148 Å². The molecule has 0 aliphatic carbocycles. The summed E-state index contributed by atoms with van der Waals surface area (Å²) in [6.45, 7) is 9.64. The summed E-state index contributed by atoms with van der Waals surface area (Å²) in [5, 5.41) is 1.23. The summed E-state index contributed by atoms with van der Waals surface area (Å²) in [4.78, 5) is 0.788. The minimum absolute atomic E-state index is 0.138. The lowest BCUT2D eigenvalue weighted by Gasteiger charge is -2.34. The number of thioether (sulfide) groups is 1. The van der Waals surface area contributed by atoms with Crippen LogP contribution in [-0.2, 0) is 4.43 Å². The van der Waals surface area contributed by atoms with Crippen LogP contribution in [0.1, 0.15) is 26.7 Å². The van der Waals surface area contributed by atoms with E-state index in [1.807, 2.05) is 51.7 Å². The average Bonchev–Trinajstić information content (AvgIpc) is 2.46. The van der Waals surface area contributed by atoms with Crippen molar-refractivity contribution in [3.8, 4) is 0 Å². The molecule has 0 saturated carbocycles. The number of benzene rings is 1. The zero-order valence-corrected chi connectivity index (χ0v) is 16.8. The monoisotopic (exact) mass is 376 g/mol. The van der Waals surface area contributed by atoms with Gasteiger partial charge in [-0.3, -0.25) is 0 Å². The molecule has 0 aliphatic heterocycles. The zero-order valence-electron chi connectivity index (χ0n) is 15.0. The van der Waals surface area contributed by atoms with Crippen molar-refractivity contribution in [1.82, 2.24) is 0 Å². The average molecular weight is 377 g/mol. The Kier molecular flexibility index (Phi) is 8.09. The molecule has 0 radical (unpaired) electrons. The van der Waals surface area contributed by atoms with Crippen LogP contribution < -0.4 is 0 Å². The summed E-state index contributed by atoms with van der Waals surface area (Å²) >= 11 is 1.10. The Morgan fingerprint density at radius 1 is 1.12 bits per heavy atom. The highest BCUT2D eigenvalue weighted by Gasteiger charge is 2.43. The molecule has 0 fully saturated rings. The molecule has 0 aliphatic rings. The third kappa shape index (κ3) is 7.03. The van der Waals surface area contributed by atoms with E-state index in [9.17, 15) is 13.2 Å². The van der Waals surface area contributed by atoms with Crippen molar-refractivity contribution >= 4 is 20.1 Å². The van der Waals surface area contributed by atoms with Crippen molar-refractivity contribution in [3.05, 3.63) is 41.3 Å². The smallest absolute Gasteiger partial charge is 0.410 e. The molecular formula is C18H27F3OSSi. The first-order chi connectivity index (χ1) is 11.1. The number of hydrogen-bond donors (Lipinski definition) is 0. The first kappa shape index (κ1) is 21.3. The molecule has 1 atom stereocenters. The summed E-state index contributed by atoms with van der Waals surface area (Å²) < 4.78 is 47.2. The van der Waals surface area contributed by atoms with E-state index in [0.29, 0.717) is 12.8 Å². The third-order valence-corrected chi connectivity index (χ3v) is 5.53. The predicted octanol–water partition coefficient (Wildman–Crippen LogP) is 6.88. The summed E-state index contributed by atoms with van der Waals surface area (Å²) in [5.74, 6) is -0.138. The molecule has 24 heavy (non-hydrogen) atoms. The van der Waals surface area contributed by atoms with Gasteiger partial charge in [0.1, 0.15) is 0 Å². The van der Waals surface area contributed by atoms with Crippen molar-refractivity contribution in [2.75, 3.05) is 0 Å². The van der Waals surface area contributed by atoms with Crippen molar-refractivity contribution < 1.29 is 17.6 Å². The standard InChI is InChI=1S/C18H27F3OSSi/c1-6-14(7-2)17(22-24(3,4)5)16(18(19,20)21)13-23-15-11-9-8-10-12-15/h8-14,17H,6-7H2,1-5H3/b16-13+. The van der Waals surface area contributed by atoms with Gasteiger partial charge in [-0.05, 0) is 43.1 Å². The minimum Gasteiger partial charge on any atom is -0.410 e. The van der Waals surface area contributed by atoms with E-state index in [2.05, 4.69) is 0 Å². The van der Waals surface area contributed by atoms with Crippen LogP contribution in [-0.4, -0.2) is 20.6 Å². The van der Waals surface area contributed by atoms with E-state index in [1.54, 1.807) is 12.1 Å². The van der Waals surface area contributed by atoms with Crippen LogP contribution in [0.4, 0.5) is 13.2 Å². The highest BCUT2D eigenvalue weighted by atomic mass is 32.2. The van der Waals surface area contributed by atoms with Crippen molar-refractivity contribution in [1.29, 1.82) is 0 Å². The Morgan fingerprint density at radius 3 is 2.08 bits per heavy atom. The largest absolute Gasteiger partial charge is 0.415 e. The van der Waals surface area contributed by atoms with E-state index in [0.717, 1.165) is 16.7 Å². The van der Waals surface area contributed by atoms with Gasteiger partial charge in [0.2, 0.25) is 0 Å². The molecule has 1 nitrogen and oxygen atoms in total. The SMILES string of the molecule is CCC(CC)C(O[Si](C)(C)C)/C(=C\Sc1ccccc1)C(F)(F)F. The summed E-state index contributed by atoms with van der Waals surface area (Å²) in [6, 6.07) is 9.10. The molecule has 0 saturated heterocycles. The fraction of sp³-hybridized carbons (Fsp3) is 0.556. The maximum absolute atomic E-state index is 13.7. The van der Waals surface area contributed by atoms with Gasteiger partial charge in [0, 0.05) is 4.90 Å². The van der Waals surface area contributed by atoms with Crippen LogP contribution in [0.2, 0.25) is 19.6 Å². The molecule has 1 aromatic carbocycles. The summed E-state index contributed by atoms with van der Waals surface area (Å²) in [6.07, 6.45) is -3.97. The van der Waals surface area contributed by atoms with Crippen molar-refractivity contribution in [2.45, 2.75) is 63.5 Å². The van der Waals surface area contributed by atoms with Crippen LogP contribution in [0.5, 0.6) is 0 Å². The topological polar surface area (TPSA) is 9.23 Å². The second-order valence-electron chi connectivity index (χ2n) is 6.73. The Bertz CT molecular complexity index is 519. The van der Waals surface area contributed by atoms with E-state index >= 15 is 0 Å². The molecule has 6 heteroatoms. The lowest BCUT2D eigenvalue weighted by atomic mass is 9.91. The van der Waals surface area contributed by atoms with Gasteiger partial charge < -0.3 is 4.43 Å². The maximum Gasteiger partial charge on any atom is 0.415 e. The normalized spacial score (nSPS) is 15.0. The van der Waals surface area contributed by atoms with Gasteiger partial charge in [-0.25, -0.2) is 0 Å². The molecule has 0 spiro atoms. The third-order valence-electron chi connectivity index (χ3n) is 3.66. The highest BCUT2D eigenvalue weighted by molar-refractivity contribution is 8.02. The maximum atomic E-state index is 13.7. The molecule has 0 N–H and O–H groups in total. The van der Waals surface area contributed by atoms with E-state index in [-0.39, 0.29) is 5.92 Å². The molecule has 1 unspecified atom stereocenters. The molecule has 1 aromatic rings. The van der Waals surface area contributed by atoms with E-state index in [4.69, 9.17) is 4.43 Å². The minimum atomic E-state index is -4.39. The first-order valence-electron chi connectivity index (χ1n) is 8.25. The first-order valence-corrected chi connectivity index (χ1v) is 12.5. The molecule has 1 rings (SSSR count). The van der Waals surface area contributed by atoms with E-state index < -0.39 is 26.2 Å². The fourth-order valence-corrected chi connectivity index (χ4v) is 4.36. The van der Waals surface area contributed by atoms with Gasteiger partial charge in [0.25, 0.3) is 0 Å². The highest BCUT2D eigenvalue weighted by Crippen LogP contribution is 2.38. The Hall–Kier alpha value is -0.723. The lowest BCUT2D eigenvalue weighted by Crippen LogP contribution is -2.40. The van der Waals surface area contributed by atoms with Gasteiger partial charge in [0.15, 0.2) is 8.32 Å². The number of rotatable bonds is 8. The number of hydrogen-bond acceptors (Lipinski definition) is 2. The molecule has 0 heterocycles. The lowest BCUT2D eigenvalue weighted by molar-refractivity contribution is -0.108. The molecule has 0 amide bonds. The van der Waals surface area contributed by atoms with Gasteiger partial charge in [-0.1, -0.05) is 56.7 Å². The molecular weight excluding hydrogens is 349 g/mol. The van der Waals surface area contributed by atoms with Crippen molar-refractivity contribution in [3.63, 3.8) is 0 Å². The Morgan fingerprint density at radius 2 is 1.67 bits per heavy atom. The second-order valence-corrected chi connectivity index (χ2v) is 12.1. The van der Waals surface area contributed by atoms with Crippen LogP contribution in [0, 0.1) is 5.92 Å². The van der Waals surface area contributed by atoms with Gasteiger partial charge in [-0.2, -0.15) is 13.2 Å². The van der Waals surface area contributed by atoms with Crippen LogP contribution >= 0.6 is 11.8 Å². The molecule has 136 valence electrons. The van der Waals surface area contributed by atoms with E-state index in [1.165, 1.54) is 5.41 Å². The van der Waals surface area contributed by atoms with Crippen LogP contribution in [0.3, 0.4) is 0 Å². The predicted molar refractivity (Wildman–Crippen MR) is 98.7 cm³/mol. The molecule has 0 aromatic heterocycles. The summed E-state index contributed by atoms with van der Waals surface area (Å²) in [5.41, 5.74) is -0.563. The van der Waals surface area contributed by atoms with Crippen molar-refractivity contribution in [2.24, 2.45) is 5.92 Å². The molecule has 0 bridgehead atoms. The summed E-state index contributed by atoms with van der Waals surface area (Å²) in [7, 11) is -2.12. The van der Waals surface area contributed by atoms with Crippen LogP contribution in [0.15, 0.2) is 46.2 Å². The quantitative estimate of drug-likeness (QED) is 0.361. The van der Waals surface area contributed by atoms with Gasteiger partial charge >= 0.3 is 6.18 Å². The number of alkyl halides is 3.